The summed E-state index contributed by atoms with van der Waals surface area (Å²) in [6.45, 7) is 23.4. The Balaban J connectivity index is 3.94. The van der Waals surface area contributed by atoms with Crippen LogP contribution in [0, 0.1) is 10.8 Å². The van der Waals surface area contributed by atoms with Crippen LogP contribution < -0.4 is 0 Å². The standard InChI is InChI=1S/C22H45N/c1-10-19(11-2)20(12-3,13-4)22(16-7,17-8)23(18-9)21(19,14-5)15-6/h10-18H2,1-9H3. The van der Waals surface area contributed by atoms with Crippen LogP contribution in [-0.2, 0) is 0 Å². The van der Waals surface area contributed by atoms with Crippen molar-refractivity contribution in [3.63, 3.8) is 0 Å². The molecule has 0 amide bonds. The van der Waals surface area contributed by atoms with Crippen molar-refractivity contribution in [2.24, 2.45) is 10.8 Å². The zero-order valence-corrected chi connectivity index (χ0v) is 17.8. The Hall–Kier alpha value is -0.0400. The molecule has 0 aromatic heterocycles. The SMILES string of the molecule is CCN1C(CC)(CC)C(CC)(CC)C(CC)(CC)C1(CC)CC. The number of nitrogens with zero attached hydrogens (tertiary/aromatic N) is 1. The summed E-state index contributed by atoms with van der Waals surface area (Å²) >= 11 is 0. The second-order valence-electron chi connectivity index (χ2n) is 7.80. The Bertz CT molecular complexity index is 320. The highest BCUT2D eigenvalue weighted by molar-refractivity contribution is 5.27. The maximum Gasteiger partial charge on any atom is 0.0272 e. The molecular weight excluding hydrogens is 278 g/mol. The number of hydrogen-bond donors (Lipinski definition) is 0. The topological polar surface area (TPSA) is 3.24 Å². The lowest BCUT2D eigenvalue weighted by atomic mass is 9.47. The van der Waals surface area contributed by atoms with Gasteiger partial charge in [-0.1, -0.05) is 62.3 Å². The van der Waals surface area contributed by atoms with Crippen molar-refractivity contribution >= 4 is 0 Å². The highest BCUT2D eigenvalue weighted by Gasteiger charge is 2.74. The predicted octanol–water partition coefficient (Wildman–Crippen LogP) is 7.05. The second-order valence-corrected chi connectivity index (χ2v) is 7.80. The molecule has 1 saturated heterocycles. The molecule has 0 saturated carbocycles. The zero-order valence-electron chi connectivity index (χ0n) is 17.8. The van der Waals surface area contributed by atoms with Gasteiger partial charge in [0.15, 0.2) is 0 Å². The Kier molecular flexibility index (Phi) is 6.81. The van der Waals surface area contributed by atoms with Gasteiger partial charge in [0.25, 0.3) is 0 Å². The minimum absolute atomic E-state index is 0.364. The molecule has 1 nitrogen and oxygen atoms in total. The molecule has 1 heterocycles. The molecular formula is C22H45N. The summed E-state index contributed by atoms with van der Waals surface area (Å²) in [5.41, 5.74) is 1.61. The van der Waals surface area contributed by atoms with E-state index in [1.807, 2.05) is 0 Å². The van der Waals surface area contributed by atoms with Crippen molar-refractivity contribution in [2.45, 2.75) is 125 Å². The average Bonchev–Trinajstić information content (AvgIpc) is 2.80. The van der Waals surface area contributed by atoms with Crippen LogP contribution in [0.5, 0.6) is 0 Å². The largest absolute Gasteiger partial charge is 0.291 e. The summed E-state index contributed by atoms with van der Waals surface area (Å²) in [6, 6.07) is 0. The van der Waals surface area contributed by atoms with Gasteiger partial charge in [-0.3, -0.25) is 4.90 Å². The van der Waals surface area contributed by atoms with E-state index in [2.05, 4.69) is 67.2 Å². The van der Waals surface area contributed by atoms with Gasteiger partial charge >= 0.3 is 0 Å². The first-order valence-corrected chi connectivity index (χ1v) is 10.7. The van der Waals surface area contributed by atoms with Crippen molar-refractivity contribution in [1.82, 2.24) is 4.90 Å². The lowest BCUT2D eigenvalue weighted by Gasteiger charge is -2.56. The Morgan fingerprint density at radius 1 is 0.435 bits per heavy atom. The van der Waals surface area contributed by atoms with Crippen LogP contribution in [0.3, 0.4) is 0 Å². The first-order valence-electron chi connectivity index (χ1n) is 10.7. The molecule has 0 bridgehead atoms. The molecule has 0 aromatic rings. The van der Waals surface area contributed by atoms with Gasteiger partial charge in [0, 0.05) is 11.1 Å². The molecule has 1 aliphatic rings. The van der Waals surface area contributed by atoms with Gasteiger partial charge in [0.05, 0.1) is 0 Å². The molecule has 0 aliphatic carbocycles. The monoisotopic (exact) mass is 323 g/mol. The van der Waals surface area contributed by atoms with Crippen LogP contribution in [0.15, 0.2) is 0 Å². The maximum absolute atomic E-state index is 3.01. The number of likely N-dealkylation sites (tertiary alicyclic amines) is 1. The lowest BCUT2D eigenvalue weighted by Crippen LogP contribution is -2.57. The highest BCUT2D eigenvalue weighted by atomic mass is 15.3. The normalized spacial score (nSPS) is 24.9. The van der Waals surface area contributed by atoms with E-state index in [0.717, 1.165) is 0 Å². The van der Waals surface area contributed by atoms with Crippen LogP contribution in [-0.4, -0.2) is 22.5 Å². The minimum Gasteiger partial charge on any atom is -0.291 e. The fourth-order valence-corrected chi connectivity index (χ4v) is 8.21. The van der Waals surface area contributed by atoms with Crippen molar-refractivity contribution in [1.29, 1.82) is 0 Å². The smallest absolute Gasteiger partial charge is 0.0272 e. The quantitative estimate of drug-likeness (QED) is 0.439. The van der Waals surface area contributed by atoms with Crippen LogP contribution in [0.25, 0.3) is 0 Å². The lowest BCUT2D eigenvalue weighted by molar-refractivity contribution is -0.0388. The molecule has 0 spiro atoms. The Morgan fingerprint density at radius 3 is 0.826 bits per heavy atom. The summed E-state index contributed by atoms with van der Waals surface area (Å²) in [7, 11) is 0. The molecule has 0 aromatic carbocycles. The van der Waals surface area contributed by atoms with E-state index in [1.54, 1.807) is 0 Å². The van der Waals surface area contributed by atoms with Crippen molar-refractivity contribution in [3.8, 4) is 0 Å². The third-order valence-electron chi connectivity index (χ3n) is 8.80. The van der Waals surface area contributed by atoms with Gasteiger partial charge in [0.1, 0.15) is 0 Å². The first-order chi connectivity index (χ1) is 10.9. The molecule has 1 heteroatoms. The zero-order chi connectivity index (χ0) is 17.9. The van der Waals surface area contributed by atoms with Gasteiger partial charge in [-0.05, 0) is 68.7 Å². The second kappa shape index (κ2) is 7.46. The van der Waals surface area contributed by atoms with Gasteiger partial charge < -0.3 is 0 Å². The summed E-state index contributed by atoms with van der Waals surface area (Å²) in [6.07, 6.45) is 10.5. The summed E-state index contributed by atoms with van der Waals surface area (Å²) in [4.78, 5) is 3.01. The molecule has 0 unspecified atom stereocenters. The van der Waals surface area contributed by atoms with E-state index in [9.17, 15) is 0 Å². The average molecular weight is 324 g/mol. The molecule has 1 rings (SSSR count). The van der Waals surface area contributed by atoms with Crippen LogP contribution in [0.2, 0.25) is 0 Å². The number of rotatable bonds is 9. The molecule has 138 valence electrons. The first kappa shape index (κ1) is 21.0. The minimum atomic E-state index is 0.364. The fraction of sp³-hybridized carbons (Fsp3) is 1.00. The van der Waals surface area contributed by atoms with Gasteiger partial charge in [-0.15, -0.1) is 0 Å². The van der Waals surface area contributed by atoms with E-state index in [4.69, 9.17) is 0 Å². The van der Waals surface area contributed by atoms with Crippen molar-refractivity contribution in [2.75, 3.05) is 6.54 Å². The summed E-state index contributed by atoms with van der Waals surface area (Å²) < 4.78 is 0. The van der Waals surface area contributed by atoms with Crippen LogP contribution in [0.1, 0.15) is 114 Å². The van der Waals surface area contributed by atoms with Crippen molar-refractivity contribution < 1.29 is 0 Å². The molecule has 0 N–H and O–H groups in total. The Morgan fingerprint density at radius 2 is 0.696 bits per heavy atom. The molecule has 0 radical (unpaired) electrons. The molecule has 0 atom stereocenters. The van der Waals surface area contributed by atoms with Gasteiger partial charge in [-0.2, -0.15) is 0 Å². The van der Waals surface area contributed by atoms with Gasteiger partial charge in [0.2, 0.25) is 0 Å². The number of hydrogen-bond acceptors (Lipinski definition) is 1. The van der Waals surface area contributed by atoms with E-state index < -0.39 is 0 Å². The van der Waals surface area contributed by atoms with E-state index in [1.165, 1.54) is 57.9 Å². The summed E-state index contributed by atoms with van der Waals surface area (Å²) in [5, 5.41) is 0. The van der Waals surface area contributed by atoms with Crippen LogP contribution >= 0.6 is 0 Å². The molecule has 1 fully saturated rings. The third-order valence-corrected chi connectivity index (χ3v) is 8.80. The maximum atomic E-state index is 3.01. The van der Waals surface area contributed by atoms with Crippen LogP contribution in [0.4, 0.5) is 0 Å². The third kappa shape index (κ3) is 2.07. The van der Waals surface area contributed by atoms with Gasteiger partial charge in [-0.25, -0.2) is 0 Å². The fourth-order valence-electron chi connectivity index (χ4n) is 8.21. The molecule has 1 aliphatic heterocycles. The van der Waals surface area contributed by atoms with E-state index >= 15 is 0 Å². The predicted molar refractivity (Wildman–Crippen MR) is 105 cm³/mol. The highest BCUT2D eigenvalue weighted by Crippen LogP contribution is 2.73. The van der Waals surface area contributed by atoms with Crippen molar-refractivity contribution in [3.05, 3.63) is 0 Å². The summed E-state index contributed by atoms with van der Waals surface area (Å²) in [5.74, 6) is 0. The Labute approximate surface area is 147 Å². The molecule has 23 heavy (non-hydrogen) atoms. The van der Waals surface area contributed by atoms with E-state index in [-0.39, 0.29) is 0 Å². The van der Waals surface area contributed by atoms with E-state index in [0.29, 0.717) is 21.9 Å².